The standard InChI is InChI=1S/C18H19NO/c1-3-20-17-8-9-18-16(12-17)10-11-19(18)13-15-6-4-14(2)5-7-15/h4-12H,3,13H2,1-2H3. The summed E-state index contributed by atoms with van der Waals surface area (Å²) in [5.74, 6) is 0.938. The average Bonchev–Trinajstić information content (AvgIpc) is 2.84. The van der Waals surface area contributed by atoms with Gasteiger partial charge in [-0.05, 0) is 43.7 Å². The first kappa shape index (κ1) is 12.8. The van der Waals surface area contributed by atoms with Crippen LogP contribution >= 0.6 is 0 Å². The molecule has 0 aliphatic carbocycles. The van der Waals surface area contributed by atoms with Gasteiger partial charge in [0.2, 0.25) is 0 Å². The molecule has 20 heavy (non-hydrogen) atoms. The van der Waals surface area contributed by atoms with Gasteiger partial charge in [0.15, 0.2) is 0 Å². The van der Waals surface area contributed by atoms with Crippen LogP contribution in [0.25, 0.3) is 10.9 Å². The third-order valence-electron chi connectivity index (χ3n) is 3.53. The van der Waals surface area contributed by atoms with E-state index in [-0.39, 0.29) is 0 Å². The lowest BCUT2D eigenvalue weighted by Gasteiger charge is -2.07. The fourth-order valence-corrected chi connectivity index (χ4v) is 2.46. The minimum atomic E-state index is 0.704. The lowest BCUT2D eigenvalue weighted by atomic mass is 10.1. The Labute approximate surface area is 119 Å². The fourth-order valence-electron chi connectivity index (χ4n) is 2.46. The summed E-state index contributed by atoms with van der Waals surface area (Å²) in [6.45, 7) is 5.73. The summed E-state index contributed by atoms with van der Waals surface area (Å²) in [7, 11) is 0. The van der Waals surface area contributed by atoms with Crippen molar-refractivity contribution < 1.29 is 4.74 Å². The zero-order chi connectivity index (χ0) is 13.9. The van der Waals surface area contributed by atoms with E-state index in [1.54, 1.807) is 0 Å². The number of ether oxygens (including phenoxy) is 1. The first-order valence-corrected chi connectivity index (χ1v) is 7.03. The highest BCUT2D eigenvalue weighted by Gasteiger charge is 2.03. The monoisotopic (exact) mass is 265 g/mol. The van der Waals surface area contributed by atoms with Crippen LogP contribution in [-0.4, -0.2) is 11.2 Å². The van der Waals surface area contributed by atoms with E-state index in [0.29, 0.717) is 6.61 Å². The Morgan fingerprint density at radius 1 is 1.00 bits per heavy atom. The Morgan fingerprint density at radius 2 is 1.80 bits per heavy atom. The van der Waals surface area contributed by atoms with Gasteiger partial charge in [-0.1, -0.05) is 29.8 Å². The quantitative estimate of drug-likeness (QED) is 0.682. The molecular weight excluding hydrogens is 246 g/mol. The van der Waals surface area contributed by atoms with Crippen LogP contribution in [-0.2, 0) is 6.54 Å². The Bertz CT molecular complexity index is 710. The summed E-state index contributed by atoms with van der Waals surface area (Å²) in [5.41, 5.74) is 3.86. The molecule has 0 amide bonds. The SMILES string of the molecule is CCOc1ccc2c(ccn2Cc2ccc(C)cc2)c1. The molecule has 0 radical (unpaired) electrons. The maximum absolute atomic E-state index is 5.55. The normalized spacial score (nSPS) is 10.9. The largest absolute Gasteiger partial charge is 0.494 e. The van der Waals surface area contributed by atoms with Crippen LogP contribution in [0.15, 0.2) is 54.7 Å². The molecule has 0 spiro atoms. The molecule has 0 saturated carbocycles. The van der Waals surface area contributed by atoms with Crippen molar-refractivity contribution in [2.75, 3.05) is 6.61 Å². The van der Waals surface area contributed by atoms with Gasteiger partial charge in [0.1, 0.15) is 5.75 Å². The van der Waals surface area contributed by atoms with E-state index in [0.717, 1.165) is 12.3 Å². The predicted molar refractivity (Wildman–Crippen MR) is 83.4 cm³/mol. The molecule has 1 aromatic heterocycles. The topological polar surface area (TPSA) is 14.2 Å². The molecule has 0 aliphatic rings. The molecule has 0 bridgehead atoms. The zero-order valence-corrected chi connectivity index (χ0v) is 12.0. The van der Waals surface area contributed by atoms with Gasteiger partial charge in [0.05, 0.1) is 6.61 Å². The van der Waals surface area contributed by atoms with Gasteiger partial charge < -0.3 is 9.30 Å². The lowest BCUT2D eigenvalue weighted by Crippen LogP contribution is -1.98. The smallest absolute Gasteiger partial charge is 0.120 e. The van der Waals surface area contributed by atoms with Crippen molar-refractivity contribution in [3.05, 3.63) is 65.9 Å². The van der Waals surface area contributed by atoms with Crippen molar-refractivity contribution in [1.29, 1.82) is 0 Å². The van der Waals surface area contributed by atoms with Crippen LogP contribution in [0.3, 0.4) is 0 Å². The van der Waals surface area contributed by atoms with E-state index < -0.39 is 0 Å². The first-order chi connectivity index (χ1) is 9.76. The minimum absolute atomic E-state index is 0.704. The molecule has 0 atom stereocenters. The van der Waals surface area contributed by atoms with Crippen molar-refractivity contribution in [3.8, 4) is 5.75 Å². The second-order valence-electron chi connectivity index (χ2n) is 5.08. The Kier molecular flexibility index (Phi) is 3.46. The predicted octanol–water partition coefficient (Wildman–Crippen LogP) is 4.40. The molecule has 1 heterocycles. The minimum Gasteiger partial charge on any atom is -0.494 e. The first-order valence-electron chi connectivity index (χ1n) is 7.03. The summed E-state index contributed by atoms with van der Waals surface area (Å²) in [5, 5.41) is 1.23. The van der Waals surface area contributed by atoms with E-state index in [9.17, 15) is 0 Å². The Hall–Kier alpha value is -2.22. The third-order valence-corrected chi connectivity index (χ3v) is 3.53. The number of aryl methyl sites for hydroxylation is 1. The molecule has 2 aromatic carbocycles. The van der Waals surface area contributed by atoms with Crippen molar-refractivity contribution >= 4 is 10.9 Å². The maximum Gasteiger partial charge on any atom is 0.120 e. The summed E-state index contributed by atoms with van der Waals surface area (Å²) >= 11 is 0. The number of fused-ring (bicyclic) bond motifs is 1. The number of benzene rings is 2. The summed E-state index contributed by atoms with van der Waals surface area (Å²) in [6, 6.07) is 17.1. The van der Waals surface area contributed by atoms with Crippen molar-refractivity contribution in [2.45, 2.75) is 20.4 Å². The number of aromatic nitrogens is 1. The van der Waals surface area contributed by atoms with E-state index in [1.807, 2.05) is 13.0 Å². The molecule has 3 aromatic rings. The van der Waals surface area contributed by atoms with Crippen molar-refractivity contribution in [1.82, 2.24) is 4.57 Å². The van der Waals surface area contributed by atoms with Crippen molar-refractivity contribution in [3.63, 3.8) is 0 Å². The average molecular weight is 265 g/mol. The highest BCUT2D eigenvalue weighted by Crippen LogP contribution is 2.23. The van der Waals surface area contributed by atoms with Crippen LogP contribution in [0.1, 0.15) is 18.1 Å². The van der Waals surface area contributed by atoms with Crippen LogP contribution in [0.5, 0.6) is 5.75 Å². The van der Waals surface area contributed by atoms with Gasteiger partial charge in [-0.3, -0.25) is 0 Å². The number of rotatable bonds is 4. The van der Waals surface area contributed by atoms with Gasteiger partial charge in [-0.25, -0.2) is 0 Å². The van der Waals surface area contributed by atoms with Gasteiger partial charge >= 0.3 is 0 Å². The highest BCUT2D eigenvalue weighted by atomic mass is 16.5. The molecule has 0 unspecified atom stereocenters. The van der Waals surface area contributed by atoms with E-state index in [2.05, 4.69) is 60.2 Å². The second kappa shape index (κ2) is 5.41. The summed E-state index contributed by atoms with van der Waals surface area (Å²) < 4.78 is 7.82. The van der Waals surface area contributed by atoms with Crippen LogP contribution in [0, 0.1) is 6.92 Å². The van der Waals surface area contributed by atoms with Gasteiger partial charge in [0, 0.05) is 23.6 Å². The Morgan fingerprint density at radius 3 is 2.55 bits per heavy atom. The zero-order valence-electron chi connectivity index (χ0n) is 12.0. The molecule has 0 fully saturated rings. The molecule has 3 rings (SSSR count). The molecule has 0 saturated heterocycles. The number of hydrogen-bond acceptors (Lipinski definition) is 1. The number of hydrogen-bond donors (Lipinski definition) is 0. The van der Waals surface area contributed by atoms with Crippen LogP contribution < -0.4 is 4.74 Å². The van der Waals surface area contributed by atoms with Crippen molar-refractivity contribution in [2.24, 2.45) is 0 Å². The highest BCUT2D eigenvalue weighted by molar-refractivity contribution is 5.81. The molecule has 102 valence electrons. The molecule has 0 aliphatic heterocycles. The van der Waals surface area contributed by atoms with Crippen LogP contribution in [0.2, 0.25) is 0 Å². The lowest BCUT2D eigenvalue weighted by molar-refractivity contribution is 0.340. The molecule has 0 N–H and O–H groups in total. The maximum atomic E-state index is 5.55. The summed E-state index contributed by atoms with van der Waals surface area (Å²) in [4.78, 5) is 0. The van der Waals surface area contributed by atoms with Gasteiger partial charge in [-0.15, -0.1) is 0 Å². The van der Waals surface area contributed by atoms with Gasteiger partial charge in [0.25, 0.3) is 0 Å². The van der Waals surface area contributed by atoms with E-state index >= 15 is 0 Å². The van der Waals surface area contributed by atoms with Gasteiger partial charge in [-0.2, -0.15) is 0 Å². The van der Waals surface area contributed by atoms with E-state index in [1.165, 1.54) is 22.0 Å². The van der Waals surface area contributed by atoms with Crippen LogP contribution in [0.4, 0.5) is 0 Å². The third kappa shape index (κ3) is 2.55. The molecule has 2 heteroatoms. The summed E-state index contributed by atoms with van der Waals surface area (Å²) in [6.07, 6.45) is 2.14. The second-order valence-corrected chi connectivity index (χ2v) is 5.08. The molecular formula is C18H19NO. The number of nitrogens with zero attached hydrogens (tertiary/aromatic N) is 1. The molecule has 2 nitrogen and oxygen atoms in total. The fraction of sp³-hybridized carbons (Fsp3) is 0.222. The Balaban J connectivity index is 1.90. The van der Waals surface area contributed by atoms with E-state index in [4.69, 9.17) is 4.74 Å².